The fraction of sp³-hybridized carbons (Fsp3) is 0.412. The number of nitrogens with zero attached hydrogens (tertiary/aromatic N) is 3. The van der Waals surface area contributed by atoms with Crippen LogP contribution in [0.25, 0.3) is 5.69 Å². The zero-order chi connectivity index (χ0) is 15.5. The molecule has 116 valence electrons. The molecule has 1 aliphatic rings. The molecule has 22 heavy (non-hydrogen) atoms. The van der Waals surface area contributed by atoms with Crippen LogP contribution in [0.5, 0.6) is 0 Å². The molecule has 1 aromatic carbocycles. The highest BCUT2D eigenvalue weighted by Crippen LogP contribution is 2.22. The van der Waals surface area contributed by atoms with E-state index in [1.807, 2.05) is 53.9 Å². The molecule has 0 saturated carbocycles. The summed E-state index contributed by atoms with van der Waals surface area (Å²) in [6.07, 6.45) is 3.84. The summed E-state index contributed by atoms with van der Waals surface area (Å²) in [7, 11) is 1.93. The number of rotatable bonds is 4. The highest BCUT2D eigenvalue weighted by molar-refractivity contribution is 5.95. The van der Waals surface area contributed by atoms with Crippen LogP contribution in [0.1, 0.15) is 28.9 Å². The van der Waals surface area contributed by atoms with E-state index in [2.05, 4.69) is 10.4 Å². The van der Waals surface area contributed by atoms with E-state index in [-0.39, 0.29) is 11.9 Å². The van der Waals surface area contributed by atoms with E-state index >= 15 is 0 Å². The molecule has 1 fully saturated rings. The molecule has 0 spiro atoms. The first-order valence-electron chi connectivity index (χ1n) is 7.78. The van der Waals surface area contributed by atoms with E-state index < -0.39 is 0 Å². The van der Waals surface area contributed by atoms with Crippen molar-refractivity contribution in [3.63, 3.8) is 0 Å². The lowest BCUT2D eigenvalue weighted by molar-refractivity contribution is 0.0736. The minimum absolute atomic E-state index is 0.0948. The Hall–Kier alpha value is -2.14. The maximum absolute atomic E-state index is 12.8. The first-order valence-corrected chi connectivity index (χ1v) is 7.78. The Morgan fingerprint density at radius 3 is 2.86 bits per heavy atom. The van der Waals surface area contributed by atoms with E-state index in [9.17, 15) is 4.79 Å². The minimum Gasteiger partial charge on any atom is -0.334 e. The molecular weight excluding hydrogens is 276 g/mol. The van der Waals surface area contributed by atoms with Gasteiger partial charge in [-0.1, -0.05) is 18.2 Å². The molecule has 5 heteroatoms. The van der Waals surface area contributed by atoms with E-state index in [0.717, 1.165) is 37.3 Å². The summed E-state index contributed by atoms with van der Waals surface area (Å²) in [5.74, 6) is 0.0948. The third-order valence-electron chi connectivity index (χ3n) is 4.32. The van der Waals surface area contributed by atoms with Crippen LogP contribution >= 0.6 is 0 Å². The quantitative estimate of drug-likeness (QED) is 0.939. The van der Waals surface area contributed by atoms with E-state index in [1.165, 1.54) is 0 Å². The van der Waals surface area contributed by atoms with Crippen LogP contribution in [-0.4, -0.2) is 46.8 Å². The van der Waals surface area contributed by atoms with Crippen LogP contribution in [-0.2, 0) is 0 Å². The molecule has 1 saturated heterocycles. The number of likely N-dealkylation sites (N-methyl/N-ethyl adjacent to an activating group) is 1. The van der Waals surface area contributed by atoms with Gasteiger partial charge in [-0.15, -0.1) is 0 Å². The fourth-order valence-corrected chi connectivity index (χ4v) is 3.15. The summed E-state index contributed by atoms with van der Waals surface area (Å²) < 4.78 is 1.83. The van der Waals surface area contributed by atoms with Gasteiger partial charge in [-0.2, -0.15) is 5.10 Å². The lowest BCUT2D eigenvalue weighted by atomic mass is 10.2. The fourth-order valence-electron chi connectivity index (χ4n) is 3.15. The molecule has 2 aromatic rings. The summed E-state index contributed by atoms with van der Waals surface area (Å²) in [6, 6.07) is 10.2. The molecule has 1 amide bonds. The van der Waals surface area contributed by atoms with Crippen LogP contribution in [0.15, 0.2) is 36.5 Å². The molecule has 0 aliphatic carbocycles. The Morgan fingerprint density at radius 2 is 2.14 bits per heavy atom. The summed E-state index contributed by atoms with van der Waals surface area (Å²) in [5.41, 5.74) is 2.57. The zero-order valence-electron chi connectivity index (χ0n) is 13.1. The SMILES string of the molecule is CNCC1CCCN1C(=O)c1cnn(-c2ccccc2)c1C. The molecule has 1 unspecified atom stereocenters. The van der Waals surface area contributed by atoms with E-state index in [1.54, 1.807) is 6.20 Å². The number of likely N-dealkylation sites (tertiary alicyclic amines) is 1. The summed E-state index contributed by atoms with van der Waals surface area (Å²) >= 11 is 0. The van der Waals surface area contributed by atoms with Gasteiger partial charge < -0.3 is 10.2 Å². The molecule has 1 N–H and O–H groups in total. The number of nitrogens with one attached hydrogen (secondary N) is 1. The Bertz CT molecular complexity index is 650. The van der Waals surface area contributed by atoms with Crippen LogP contribution in [0.2, 0.25) is 0 Å². The van der Waals surface area contributed by atoms with Gasteiger partial charge in [0.15, 0.2) is 0 Å². The molecule has 1 aromatic heterocycles. The molecule has 5 nitrogen and oxygen atoms in total. The van der Waals surface area contributed by atoms with Crippen molar-refractivity contribution in [1.29, 1.82) is 0 Å². The first kappa shape index (κ1) is 14.8. The van der Waals surface area contributed by atoms with Crippen molar-refractivity contribution in [2.45, 2.75) is 25.8 Å². The van der Waals surface area contributed by atoms with E-state index in [0.29, 0.717) is 5.56 Å². The maximum Gasteiger partial charge on any atom is 0.257 e. The molecule has 1 atom stereocenters. The van der Waals surface area contributed by atoms with Crippen molar-refractivity contribution in [2.75, 3.05) is 20.1 Å². The van der Waals surface area contributed by atoms with Gasteiger partial charge in [-0.05, 0) is 38.9 Å². The van der Waals surface area contributed by atoms with Gasteiger partial charge in [0.25, 0.3) is 5.91 Å². The van der Waals surface area contributed by atoms with Crippen molar-refractivity contribution < 1.29 is 4.79 Å². The van der Waals surface area contributed by atoms with Crippen molar-refractivity contribution >= 4 is 5.91 Å². The van der Waals surface area contributed by atoms with Gasteiger partial charge in [0.05, 0.1) is 23.1 Å². The number of amides is 1. The second kappa shape index (κ2) is 6.32. The second-order valence-electron chi connectivity index (χ2n) is 5.74. The Morgan fingerprint density at radius 1 is 1.36 bits per heavy atom. The van der Waals surface area contributed by atoms with Gasteiger partial charge in [-0.3, -0.25) is 4.79 Å². The van der Waals surface area contributed by atoms with Gasteiger partial charge in [0.1, 0.15) is 0 Å². The number of benzene rings is 1. The highest BCUT2D eigenvalue weighted by atomic mass is 16.2. The van der Waals surface area contributed by atoms with Crippen LogP contribution < -0.4 is 5.32 Å². The minimum atomic E-state index is 0.0948. The third kappa shape index (κ3) is 2.64. The third-order valence-corrected chi connectivity index (χ3v) is 4.32. The second-order valence-corrected chi connectivity index (χ2v) is 5.74. The molecular formula is C17H22N4O. The molecule has 0 bridgehead atoms. The Balaban J connectivity index is 1.87. The summed E-state index contributed by atoms with van der Waals surface area (Å²) in [6.45, 7) is 3.63. The van der Waals surface area contributed by atoms with E-state index in [4.69, 9.17) is 0 Å². The summed E-state index contributed by atoms with van der Waals surface area (Å²) in [4.78, 5) is 14.8. The molecule has 1 aliphatic heterocycles. The molecule has 2 heterocycles. The van der Waals surface area contributed by atoms with Gasteiger partial charge in [-0.25, -0.2) is 4.68 Å². The van der Waals surface area contributed by atoms with Crippen molar-refractivity contribution in [2.24, 2.45) is 0 Å². The normalized spacial score (nSPS) is 17.9. The van der Waals surface area contributed by atoms with Crippen LogP contribution in [0, 0.1) is 6.92 Å². The summed E-state index contributed by atoms with van der Waals surface area (Å²) in [5, 5.41) is 7.58. The standard InChI is InChI=1S/C17H22N4O/c1-13-16(12-19-21(13)14-7-4-3-5-8-14)17(22)20-10-6-9-15(20)11-18-2/h3-5,7-8,12,15,18H,6,9-11H2,1-2H3. The predicted molar refractivity (Wildman–Crippen MR) is 86.3 cm³/mol. The van der Waals surface area contributed by atoms with Gasteiger partial charge >= 0.3 is 0 Å². The number of aromatic nitrogens is 2. The van der Waals surface area contributed by atoms with Crippen molar-refractivity contribution in [3.8, 4) is 5.69 Å². The van der Waals surface area contributed by atoms with Crippen molar-refractivity contribution in [1.82, 2.24) is 20.0 Å². The average molecular weight is 298 g/mol. The number of carbonyl (C=O) groups excluding carboxylic acids is 1. The topological polar surface area (TPSA) is 50.2 Å². The predicted octanol–water partition coefficient (Wildman–Crippen LogP) is 2.00. The number of para-hydroxylation sites is 1. The smallest absolute Gasteiger partial charge is 0.257 e. The van der Waals surface area contributed by atoms with Crippen LogP contribution in [0.3, 0.4) is 0 Å². The number of carbonyl (C=O) groups is 1. The maximum atomic E-state index is 12.8. The highest BCUT2D eigenvalue weighted by Gasteiger charge is 2.30. The lowest BCUT2D eigenvalue weighted by Crippen LogP contribution is -2.41. The van der Waals surface area contributed by atoms with Gasteiger partial charge in [0.2, 0.25) is 0 Å². The number of hydrogen-bond donors (Lipinski definition) is 1. The van der Waals surface area contributed by atoms with Crippen LogP contribution in [0.4, 0.5) is 0 Å². The van der Waals surface area contributed by atoms with Gasteiger partial charge in [0, 0.05) is 19.1 Å². The molecule has 3 rings (SSSR count). The first-order chi connectivity index (χ1) is 10.7. The Kier molecular flexibility index (Phi) is 4.24. The number of hydrogen-bond acceptors (Lipinski definition) is 3. The Labute approximate surface area is 130 Å². The monoisotopic (exact) mass is 298 g/mol. The lowest BCUT2D eigenvalue weighted by Gasteiger charge is -2.24. The zero-order valence-corrected chi connectivity index (χ0v) is 13.1. The average Bonchev–Trinajstić information content (AvgIpc) is 3.15. The largest absolute Gasteiger partial charge is 0.334 e. The van der Waals surface area contributed by atoms with Crippen molar-refractivity contribution in [3.05, 3.63) is 47.8 Å². The molecule has 0 radical (unpaired) electrons.